The summed E-state index contributed by atoms with van der Waals surface area (Å²) >= 11 is 0. The summed E-state index contributed by atoms with van der Waals surface area (Å²) in [5.41, 5.74) is 8.22. The van der Waals surface area contributed by atoms with Crippen LogP contribution in [-0.4, -0.2) is 19.3 Å². The summed E-state index contributed by atoms with van der Waals surface area (Å²) in [6.07, 6.45) is 8.39. The van der Waals surface area contributed by atoms with Gasteiger partial charge in [0.25, 0.3) is 0 Å². The molecule has 2 aromatic rings. The Bertz CT molecular complexity index is 581. The van der Waals surface area contributed by atoms with Crippen molar-refractivity contribution >= 4 is 5.82 Å². The number of nitrogens with zero attached hydrogens (tertiary/aromatic N) is 4. The fraction of sp³-hybridized carbons (Fsp3) is 0.571. The quantitative estimate of drug-likeness (QED) is 0.921. The van der Waals surface area contributed by atoms with Gasteiger partial charge in [0.15, 0.2) is 0 Å². The molecular weight excluding hydrogens is 238 g/mol. The zero-order valence-corrected chi connectivity index (χ0v) is 11.6. The molecule has 3 heterocycles. The van der Waals surface area contributed by atoms with Crippen LogP contribution < -0.4 is 5.73 Å². The van der Waals surface area contributed by atoms with E-state index in [1.807, 2.05) is 17.1 Å². The lowest BCUT2D eigenvalue weighted by Crippen LogP contribution is -2.16. The zero-order chi connectivity index (χ0) is 13.4. The van der Waals surface area contributed by atoms with Gasteiger partial charge < -0.3 is 10.3 Å². The maximum Gasteiger partial charge on any atom is 0.132 e. The van der Waals surface area contributed by atoms with E-state index in [2.05, 4.69) is 23.5 Å². The molecule has 0 bridgehead atoms. The smallest absolute Gasteiger partial charge is 0.132 e. The number of imidazole rings is 1. The molecule has 0 aromatic carbocycles. The minimum Gasteiger partial charge on any atom is -0.383 e. The lowest BCUT2D eigenvalue weighted by molar-refractivity contribution is 0.430. The average Bonchev–Trinajstić information content (AvgIpc) is 2.96. The van der Waals surface area contributed by atoms with Crippen molar-refractivity contribution in [1.82, 2.24) is 19.3 Å². The normalized spacial score (nSPS) is 18.5. The number of aromatic nitrogens is 4. The predicted molar refractivity (Wildman–Crippen MR) is 75.8 cm³/mol. The van der Waals surface area contributed by atoms with Crippen molar-refractivity contribution in [2.45, 2.75) is 52.1 Å². The van der Waals surface area contributed by atoms with Crippen LogP contribution in [-0.2, 0) is 13.0 Å². The van der Waals surface area contributed by atoms with Crippen LogP contribution in [0.1, 0.15) is 45.0 Å². The highest BCUT2D eigenvalue weighted by Gasteiger charge is 2.23. The molecule has 1 aliphatic heterocycles. The van der Waals surface area contributed by atoms with Gasteiger partial charge in [0.2, 0.25) is 0 Å². The fourth-order valence-corrected chi connectivity index (χ4v) is 2.90. The van der Waals surface area contributed by atoms with E-state index < -0.39 is 0 Å². The molecule has 2 aromatic heterocycles. The second-order valence-corrected chi connectivity index (χ2v) is 5.37. The third-order valence-corrected chi connectivity index (χ3v) is 3.84. The van der Waals surface area contributed by atoms with Gasteiger partial charge >= 0.3 is 0 Å². The van der Waals surface area contributed by atoms with E-state index in [4.69, 9.17) is 10.7 Å². The first-order valence-corrected chi connectivity index (χ1v) is 7.10. The SMILES string of the molecule is CCCn1cc(-c2nc3n(c2N)C(C)CCC3)cn1. The zero-order valence-electron chi connectivity index (χ0n) is 11.6. The third-order valence-electron chi connectivity index (χ3n) is 3.84. The number of nitrogens with two attached hydrogens (primary N) is 1. The number of nitrogen functional groups attached to an aromatic ring is 1. The fourth-order valence-electron chi connectivity index (χ4n) is 2.90. The molecule has 0 amide bonds. The van der Waals surface area contributed by atoms with Crippen molar-refractivity contribution in [2.24, 2.45) is 0 Å². The van der Waals surface area contributed by atoms with Gasteiger partial charge in [0.1, 0.15) is 17.3 Å². The van der Waals surface area contributed by atoms with Crippen LogP contribution >= 0.6 is 0 Å². The molecule has 19 heavy (non-hydrogen) atoms. The van der Waals surface area contributed by atoms with E-state index in [0.29, 0.717) is 6.04 Å². The van der Waals surface area contributed by atoms with E-state index in [-0.39, 0.29) is 0 Å². The molecule has 1 atom stereocenters. The largest absolute Gasteiger partial charge is 0.383 e. The van der Waals surface area contributed by atoms with E-state index in [9.17, 15) is 0 Å². The van der Waals surface area contributed by atoms with Gasteiger partial charge in [-0.2, -0.15) is 5.10 Å². The lowest BCUT2D eigenvalue weighted by atomic mass is 10.1. The molecule has 5 nitrogen and oxygen atoms in total. The standard InChI is InChI=1S/C14H21N5/c1-3-7-18-9-11(8-16-18)13-14(15)19-10(2)5-4-6-12(19)17-13/h8-10H,3-7,15H2,1-2H3. The molecule has 0 saturated carbocycles. The van der Waals surface area contributed by atoms with Crippen LogP contribution in [0.2, 0.25) is 0 Å². The summed E-state index contributed by atoms with van der Waals surface area (Å²) in [6.45, 7) is 5.29. The molecule has 102 valence electrons. The summed E-state index contributed by atoms with van der Waals surface area (Å²) in [7, 11) is 0. The van der Waals surface area contributed by atoms with E-state index in [1.54, 1.807) is 0 Å². The molecule has 5 heteroatoms. The topological polar surface area (TPSA) is 61.7 Å². The molecule has 2 N–H and O–H groups in total. The first-order chi connectivity index (χ1) is 9.20. The summed E-state index contributed by atoms with van der Waals surface area (Å²) in [4.78, 5) is 4.73. The lowest BCUT2D eigenvalue weighted by Gasteiger charge is -2.22. The van der Waals surface area contributed by atoms with Gasteiger partial charge in [-0.1, -0.05) is 6.92 Å². The maximum absolute atomic E-state index is 6.29. The molecule has 0 aliphatic carbocycles. The highest BCUT2D eigenvalue weighted by molar-refractivity contribution is 5.70. The Morgan fingerprint density at radius 3 is 3.05 bits per heavy atom. The minimum absolute atomic E-state index is 0.454. The summed E-state index contributed by atoms with van der Waals surface area (Å²) < 4.78 is 4.15. The number of fused-ring (bicyclic) bond motifs is 1. The van der Waals surface area contributed by atoms with E-state index in [0.717, 1.165) is 42.3 Å². The Morgan fingerprint density at radius 1 is 1.47 bits per heavy atom. The van der Waals surface area contributed by atoms with Gasteiger partial charge in [0.05, 0.1) is 6.20 Å². The highest BCUT2D eigenvalue weighted by atomic mass is 15.3. The van der Waals surface area contributed by atoms with Gasteiger partial charge in [-0.3, -0.25) is 4.68 Å². The second kappa shape index (κ2) is 4.72. The Labute approximate surface area is 113 Å². The number of hydrogen-bond acceptors (Lipinski definition) is 3. The Kier molecular flexibility index (Phi) is 3.05. The Hall–Kier alpha value is -1.78. The van der Waals surface area contributed by atoms with Crippen molar-refractivity contribution in [3.63, 3.8) is 0 Å². The van der Waals surface area contributed by atoms with Crippen molar-refractivity contribution in [2.75, 3.05) is 5.73 Å². The van der Waals surface area contributed by atoms with Crippen molar-refractivity contribution in [3.05, 3.63) is 18.2 Å². The van der Waals surface area contributed by atoms with Gasteiger partial charge in [-0.05, 0) is 26.2 Å². The monoisotopic (exact) mass is 259 g/mol. The first-order valence-electron chi connectivity index (χ1n) is 7.10. The average molecular weight is 259 g/mol. The summed E-state index contributed by atoms with van der Waals surface area (Å²) in [5.74, 6) is 1.91. The molecule has 1 aliphatic rings. The van der Waals surface area contributed by atoms with Crippen molar-refractivity contribution in [3.8, 4) is 11.3 Å². The minimum atomic E-state index is 0.454. The van der Waals surface area contributed by atoms with Crippen LogP contribution in [0.25, 0.3) is 11.3 Å². The van der Waals surface area contributed by atoms with E-state index in [1.165, 1.54) is 12.8 Å². The molecule has 0 saturated heterocycles. The van der Waals surface area contributed by atoms with Gasteiger partial charge in [0, 0.05) is 30.8 Å². The third kappa shape index (κ3) is 2.03. The van der Waals surface area contributed by atoms with Crippen LogP contribution in [0.15, 0.2) is 12.4 Å². The van der Waals surface area contributed by atoms with Crippen LogP contribution in [0.5, 0.6) is 0 Å². The van der Waals surface area contributed by atoms with Crippen LogP contribution in [0, 0.1) is 0 Å². The van der Waals surface area contributed by atoms with Gasteiger partial charge in [-0.25, -0.2) is 4.98 Å². The number of rotatable bonds is 3. The van der Waals surface area contributed by atoms with Crippen molar-refractivity contribution in [1.29, 1.82) is 0 Å². The van der Waals surface area contributed by atoms with E-state index >= 15 is 0 Å². The Morgan fingerprint density at radius 2 is 2.32 bits per heavy atom. The molecule has 1 unspecified atom stereocenters. The number of aryl methyl sites for hydroxylation is 2. The first kappa shape index (κ1) is 12.3. The van der Waals surface area contributed by atoms with Crippen LogP contribution in [0.4, 0.5) is 5.82 Å². The number of hydrogen-bond donors (Lipinski definition) is 1. The Balaban J connectivity index is 2.00. The highest BCUT2D eigenvalue weighted by Crippen LogP contribution is 2.33. The second-order valence-electron chi connectivity index (χ2n) is 5.37. The molecule has 0 radical (unpaired) electrons. The molecule has 3 rings (SSSR count). The summed E-state index contributed by atoms with van der Waals surface area (Å²) in [6, 6.07) is 0.454. The molecule has 0 fully saturated rings. The predicted octanol–water partition coefficient (Wildman–Crippen LogP) is 2.64. The molecule has 0 spiro atoms. The maximum atomic E-state index is 6.29. The van der Waals surface area contributed by atoms with Gasteiger partial charge in [-0.15, -0.1) is 0 Å². The molecular formula is C14H21N5. The summed E-state index contributed by atoms with van der Waals surface area (Å²) in [5, 5.41) is 4.36. The van der Waals surface area contributed by atoms with Crippen molar-refractivity contribution < 1.29 is 0 Å². The number of anilines is 1. The van der Waals surface area contributed by atoms with Crippen LogP contribution in [0.3, 0.4) is 0 Å².